The maximum absolute atomic E-state index is 12.7. The molecule has 0 saturated carbocycles. The maximum atomic E-state index is 12.7. The summed E-state index contributed by atoms with van der Waals surface area (Å²) in [7, 11) is 0. The number of allylic oxidation sites excluding steroid dienone is 2. The van der Waals surface area contributed by atoms with Gasteiger partial charge in [-0.1, -0.05) is 72.5 Å². The lowest BCUT2D eigenvalue weighted by Gasteiger charge is -2.14. The minimum absolute atomic E-state index is 0.0219. The second-order valence-electron chi connectivity index (χ2n) is 6.80. The van der Waals surface area contributed by atoms with E-state index in [9.17, 15) is 19.5 Å². The van der Waals surface area contributed by atoms with E-state index in [0.29, 0.717) is 14.9 Å². The van der Waals surface area contributed by atoms with Gasteiger partial charge in [0.05, 0.1) is 10.9 Å². The molecule has 0 atom stereocenters. The number of amides is 2. The van der Waals surface area contributed by atoms with Gasteiger partial charge in [0.15, 0.2) is 0 Å². The van der Waals surface area contributed by atoms with E-state index in [0.717, 1.165) is 11.1 Å². The summed E-state index contributed by atoms with van der Waals surface area (Å²) in [6, 6.07) is 15.6. The van der Waals surface area contributed by atoms with Crippen molar-refractivity contribution in [2.45, 2.75) is 13.3 Å². The molecule has 1 fully saturated rings. The van der Waals surface area contributed by atoms with Gasteiger partial charge in [0.2, 0.25) is 5.91 Å². The third-order valence-electron chi connectivity index (χ3n) is 4.37. The van der Waals surface area contributed by atoms with Crippen LogP contribution in [0.2, 0.25) is 0 Å². The average molecular weight is 452 g/mol. The Morgan fingerprint density at radius 3 is 2.61 bits per heavy atom. The number of carbonyl (C=O) groups excluding carboxylic acids is 3. The molecule has 1 heterocycles. The van der Waals surface area contributed by atoms with E-state index < -0.39 is 5.97 Å². The number of aromatic carboxylic acids is 1. The van der Waals surface area contributed by atoms with Gasteiger partial charge in [-0.25, -0.2) is 0 Å². The first kappa shape index (κ1) is 22.5. The van der Waals surface area contributed by atoms with Gasteiger partial charge in [-0.15, -0.1) is 0 Å². The molecule has 2 aromatic carbocycles. The highest BCUT2D eigenvalue weighted by atomic mass is 32.2. The van der Waals surface area contributed by atoms with E-state index in [-0.39, 0.29) is 30.3 Å². The number of nitrogens with one attached hydrogen (secondary N) is 1. The maximum Gasteiger partial charge on any atom is 0.266 e. The fourth-order valence-electron chi connectivity index (χ4n) is 2.91. The second-order valence-corrected chi connectivity index (χ2v) is 8.47. The summed E-state index contributed by atoms with van der Waals surface area (Å²) >= 11 is 6.51. The molecule has 158 valence electrons. The summed E-state index contributed by atoms with van der Waals surface area (Å²) in [6.45, 7) is 2.04. The normalized spacial score (nSPS) is 15.5. The molecule has 6 nitrogen and oxygen atoms in total. The molecule has 0 aliphatic carbocycles. The van der Waals surface area contributed by atoms with Crippen LogP contribution in [0.5, 0.6) is 0 Å². The summed E-state index contributed by atoms with van der Waals surface area (Å²) in [4.78, 5) is 37.8. The number of hydrogen-bond acceptors (Lipinski definition) is 6. The molecular weight excluding hydrogens is 432 g/mol. The molecule has 2 aromatic rings. The van der Waals surface area contributed by atoms with Gasteiger partial charge in [-0.2, -0.15) is 0 Å². The monoisotopic (exact) mass is 451 g/mol. The third kappa shape index (κ3) is 6.13. The molecule has 3 rings (SSSR count). The molecule has 1 N–H and O–H groups in total. The van der Waals surface area contributed by atoms with Gasteiger partial charge in [0.1, 0.15) is 4.32 Å². The van der Waals surface area contributed by atoms with Crippen LogP contribution in [0.3, 0.4) is 0 Å². The van der Waals surface area contributed by atoms with Gasteiger partial charge in [0.25, 0.3) is 5.91 Å². The Balaban J connectivity index is 1.60. The SMILES string of the molecule is CC(=C/c1ccccc1)/C=C1/SC(=S)N(CCC(=O)Nc2cccc(C(=O)[O-])c2)C1=O. The molecule has 8 heteroatoms. The predicted molar refractivity (Wildman–Crippen MR) is 124 cm³/mol. The van der Waals surface area contributed by atoms with Gasteiger partial charge in [-0.05, 0) is 41.8 Å². The number of carboxylic acids is 1. The summed E-state index contributed by atoms with van der Waals surface area (Å²) in [6.07, 6.45) is 3.78. The topological polar surface area (TPSA) is 89.5 Å². The number of carboxylic acid groups (broad SMARTS) is 1. The standard InChI is InChI=1S/C23H20N2O4S2/c1-15(12-16-6-3-2-4-7-16)13-19-21(27)25(23(30)31-19)11-10-20(26)24-18-9-5-8-17(14-18)22(28)29/h2-9,12-14H,10-11H2,1H3,(H,24,26)(H,28,29)/p-1/b15-12-,19-13+. The lowest BCUT2D eigenvalue weighted by Crippen LogP contribution is -2.31. The van der Waals surface area contributed by atoms with Crippen molar-refractivity contribution in [3.63, 3.8) is 0 Å². The fraction of sp³-hybridized carbons (Fsp3) is 0.130. The Morgan fingerprint density at radius 1 is 1.16 bits per heavy atom. The van der Waals surface area contributed by atoms with E-state index in [2.05, 4.69) is 5.32 Å². The first-order valence-corrected chi connectivity index (χ1v) is 10.7. The molecule has 31 heavy (non-hydrogen) atoms. The van der Waals surface area contributed by atoms with Crippen LogP contribution in [-0.4, -0.2) is 33.5 Å². The first-order chi connectivity index (χ1) is 14.8. The van der Waals surface area contributed by atoms with Crippen LogP contribution in [0.4, 0.5) is 5.69 Å². The molecule has 1 aliphatic heterocycles. The highest BCUT2D eigenvalue weighted by molar-refractivity contribution is 8.26. The molecule has 2 amide bonds. The molecule has 0 unspecified atom stereocenters. The number of thiocarbonyl (C=S) groups is 1. The van der Waals surface area contributed by atoms with Gasteiger partial charge >= 0.3 is 0 Å². The van der Waals surface area contributed by atoms with Crippen molar-refractivity contribution in [1.82, 2.24) is 4.90 Å². The van der Waals surface area contributed by atoms with Crippen molar-refractivity contribution in [2.75, 3.05) is 11.9 Å². The molecular formula is C23H19N2O4S2-. The number of thioether (sulfide) groups is 1. The fourth-order valence-corrected chi connectivity index (χ4v) is 4.27. The zero-order valence-corrected chi connectivity index (χ0v) is 18.3. The number of benzene rings is 2. The largest absolute Gasteiger partial charge is 0.545 e. The number of carbonyl (C=O) groups is 3. The Kier molecular flexibility index (Phi) is 7.38. The number of anilines is 1. The van der Waals surface area contributed by atoms with Gasteiger partial charge in [-0.3, -0.25) is 14.5 Å². The Morgan fingerprint density at radius 2 is 1.90 bits per heavy atom. The van der Waals surface area contributed by atoms with Crippen molar-refractivity contribution in [3.8, 4) is 0 Å². The predicted octanol–water partition coefficient (Wildman–Crippen LogP) is 3.23. The van der Waals surface area contributed by atoms with Gasteiger partial charge in [0, 0.05) is 18.7 Å². The zero-order valence-electron chi connectivity index (χ0n) is 16.7. The van der Waals surface area contributed by atoms with Crippen LogP contribution in [-0.2, 0) is 9.59 Å². The molecule has 0 bridgehead atoms. The van der Waals surface area contributed by atoms with Crippen molar-refractivity contribution < 1.29 is 19.5 Å². The number of rotatable bonds is 7. The average Bonchev–Trinajstić information content (AvgIpc) is 2.99. The Labute approximate surface area is 189 Å². The van der Waals surface area contributed by atoms with Crippen LogP contribution in [0.15, 0.2) is 71.2 Å². The third-order valence-corrected chi connectivity index (χ3v) is 5.75. The number of nitrogens with zero attached hydrogens (tertiary/aromatic N) is 1. The van der Waals surface area contributed by atoms with Crippen molar-refractivity contribution in [3.05, 3.63) is 82.3 Å². The van der Waals surface area contributed by atoms with E-state index in [4.69, 9.17) is 12.2 Å². The van der Waals surface area contributed by atoms with Crippen LogP contribution in [0, 0.1) is 0 Å². The molecule has 1 saturated heterocycles. The lowest BCUT2D eigenvalue weighted by molar-refractivity contribution is -0.255. The van der Waals surface area contributed by atoms with Crippen molar-refractivity contribution in [1.29, 1.82) is 0 Å². The molecule has 1 aliphatic rings. The summed E-state index contributed by atoms with van der Waals surface area (Å²) in [5.74, 6) is -1.91. The smallest absolute Gasteiger partial charge is 0.266 e. The zero-order chi connectivity index (χ0) is 22.4. The van der Waals surface area contributed by atoms with Crippen LogP contribution >= 0.6 is 24.0 Å². The quantitative estimate of drug-likeness (QED) is 0.514. The molecule has 0 radical (unpaired) electrons. The second kappa shape index (κ2) is 10.2. The molecule has 0 aromatic heterocycles. The summed E-state index contributed by atoms with van der Waals surface area (Å²) < 4.78 is 0.399. The minimum atomic E-state index is -1.32. The highest BCUT2D eigenvalue weighted by Gasteiger charge is 2.32. The minimum Gasteiger partial charge on any atom is -0.545 e. The van der Waals surface area contributed by atoms with Crippen LogP contribution in [0.25, 0.3) is 6.08 Å². The molecule has 0 spiro atoms. The van der Waals surface area contributed by atoms with E-state index in [1.54, 1.807) is 12.1 Å². The Hall–Kier alpha value is -3.23. The van der Waals surface area contributed by atoms with Crippen LogP contribution in [0.1, 0.15) is 29.3 Å². The highest BCUT2D eigenvalue weighted by Crippen LogP contribution is 2.32. The lowest BCUT2D eigenvalue weighted by atomic mass is 10.1. The number of hydrogen-bond donors (Lipinski definition) is 1. The van der Waals surface area contributed by atoms with Crippen molar-refractivity contribution in [2.24, 2.45) is 0 Å². The van der Waals surface area contributed by atoms with Gasteiger partial charge < -0.3 is 15.2 Å². The summed E-state index contributed by atoms with van der Waals surface area (Å²) in [5, 5.41) is 13.5. The first-order valence-electron chi connectivity index (χ1n) is 9.43. The Bertz CT molecular complexity index is 1090. The van der Waals surface area contributed by atoms with Crippen LogP contribution < -0.4 is 10.4 Å². The van der Waals surface area contributed by atoms with E-state index >= 15 is 0 Å². The van der Waals surface area contributed by atoms with E-state index in [1.165, 1.54) is 34.9 Å². The summed E-state index contributed by atoms with van der Waals surface area (Å²) in [5.41, 5.74) is 2.26. The van der Waals surface area contributed by atoms with E-state index in [1.807, 2.05) is 43.3 Å². The van der Waals surface area contributed by atoms with Crippen molar-refractivity contribution >= 4 is 57.8 Å².